The third-order valence-electron chi connectivity index (χ3n) is 9.84. The minimum absolute atomic E-state index is 0.0614. The Morgan fingerprint density at radius 2 is 1.82 bits per heavy atom. The quantitative estimate of drug-likeness (QED) is 0.276. The number of carbonyl (C=O) groups is 3. The van der Waals surface area contributed by atoms with Crippen LogP contribution in [-0.4, -0.2) is 87.1 Å². The maximum atomic E-state index is 13.0. The van der Waals surface area contributed by atoms with Gasteiger partial charge in [-0.2, -0.15) is 5.10 Å². The summed E-state index contributed by atoms with van der Waals surface area (Å²) in [5.74, 6) is -0.107. The molecule has 12 nitrogen and oxygen atoms in total. The van der Waals surface area contributed by atoms with Crippen LogP contribution in [0, 0.1) is 0 Å². The topological polar surface area (TPSA) is 147 Å². The molecule has 2 atom stereocenters. The number of rotatable bonds is 10. The Hall–Kier alpha value is -5.07. The van der Waals surface area contributed by atoms with E-state index >= 15 is 0 Å². The van der Waals surface area contributed by atoms with E-state index in [2.05, 4.69) is 39.1 Å². The van der Waals surface area contributed by atoms with E-state index in [-0.39, 0.29) is 35.7 Å². The number of ether oxygens (including phenoxy) is 1. The number of nitrogens with one attached hydrogen (secondary N) is 2. The molecule has 7 rings (SSSR count). The molecule has 0 bridgehead atoms. The van der Waals surface area contributed by atoms with Gasteiger partial charge >= 0.3 is 0 Å². The van der Waals surface area contributed by atoms with Crippen LogP contribution in [0.25, 0.3) is 0 Å². The molecule has 4 fully saturated rings. The molecule has 1 aromatic heterocycles. The molecule has 4 heterocycles. The van der Waals surface area contributed by atoms with E-state index in [1.165, 1.54) is 6.20 Å². The predicted molar refractivity (Wildman–Crippen MR) is 191 cm³/mol. The fourth-order valence-corrected chi connectivity index (χ4v) is 6.50. The Kier molecular flexibility index (Phi) is 10.6. The van der Waals surface area contributed by atoms with Crippen LogP contribution in [0.15, 0.2) is 102 Å². The SMILES string of the molecule is C=C(C(=O)NCc1ccccc1)C(C)N1CCC12COC2.CCN1C(=O)C(NC(=O)c2ccn(C3CC3)n2)C/C(=C/N)C1=Nc1ccccc1. The van der Waals surface area contributed by atoms with E-state index in [0.29, 0.717) is 41.8 Å². The van der Waals surface area contributed by atoms with Gasteiger partial charge in [0.15, 0.2) is 0 Å². The highest BCUT2D eigenvalue weighted by atomic mass is 16.5. The minimum atomic E-state index is -0.710. The number of aromatic nitrogens is 2. The maximum absolute atomic E-state index is 13.0. The van der Waals surface area contributed by atoms with E-state index in [9.17, 15) is 14.4 Å². The van der Waals surface area contributed by atoms with E-state index in [4.69, 9.17) is 10.5 Å². The number of nitrogens with two attached hydrogens (primary N) is 1. The van der Waals surface area contributed by atoms with E-state index in [1.807, 2.05) is 78.5 Å². The summed E-state index contributed by atoms with van der Waals surface area (Å²) >= 11 is 0. The van der Waals surface area contributed by atoms with Crippen LogP contribution in [0.1, 0.15) is 61.6 Å². The molecular formula is C38H46N8O4. The number of piperidine rings is 1. The van der Waals surface area contributed by atoms with Gasteiger partial charge in [0.25, 0.3) is 11.8 Å². The van der Waals surface area contributed by atoms with Crippen LogP contribution in [0.3, 0.4) is 0 Å². The first-order valence-electron chi connectivity index (χ1n) is 17.3. The first-order valence-corrected chi connectivity index (χ1v) is 17.3. The summed E-state index contributed by atoms with van der Waals surface area (Å²) in [4.78, 5) is 46.5. The highest BCUT2D eigenvalue weighted by molar-refractivity contribution is 6.13. The first-order chi connectivity index (χ1) is 24.2. The summed E-state index contributed by atoms with van der Waals surface area (Å²) in [6.45, 7) is 11.5. The number of aliphatic imine (C=N–C) groups is 1. The Labute approximate surface area is 293 Å². The zero-order chi connectivity index (χ0) is 35.3. The fraction of sp³-hybridized carbons (Fsp3) is 0.395. The van der Waals surface area contributed by atoms with Crippen LogP contribution in [0.2, 0.25) is 0 Å². The highest BCUT2D eigenvalue weighted by Crippen LogP contribution is 2.40. The zero-order valence-corrected chi connectivity index (χ0v) is 28.8. The molecule has 3 aliphatic heterocycles. The monoisotopic (exact) mass is 678 g/mol. The number of carbonyl (C=O) groups excluding carboxylic acids is 3. The molecular weight excluding hydrogens is 632 g/mol. The lowest BCUT2D eigenvalue weighted by atomic mass is 9.80. The van der Waals surface area contributed by atoms with Crippen molar-refractivity contribution in [3.8, 4) is 0 Å². The average molecular weight is 679 g/mol. The van der Waals surface area contributed by atoms with Crippen molar-refractivity contribution in [2.45, 2.75) is 69.7 Å². The number of amides is 3. The molecule has 2 unspecified atom stereocenters. The van der Waals surface area contributed by atoms with Gasteiger partial charge in [-0.05, 0) is 56.9 Å². The van der Waals surface area contributed by atoms with Crippen molar-refractivity contribution in [2.75, 3.05) is 26.3 Å². The summed E-state index contributed by atoms with van der Waals surface area (Å²) in [5.41, 5.74) is 9.53. The summed E-state index contributed by atoms with van der Waals surface area (Å²) in [5, 5.41) is 10.1. The smallest absolute Gasteiger partial charge is 0.272 e. The summed E-state index contributed by atoms with van der Waals surface area (Å²) in [7, 11) is 0. The number of benzene rings is 2. The second-order valence-corrected chi connectivity index (χ2v) is 13.2. The van der Waals surface area contributed by atoms with Crippen molar-refractivity contribution in [3.05, 3.63) is 108 Å². The van der Waals surface area contributed by atoms with Gasteiger partial charge in [-0.1, -0.05) is 55.1 Å². The van der Waals surface area contributed by atoms with Crippen molar-refractivity contribution in [2.24, 2.45) is 10.7 Å². The number of likely N-dealkylation sites (N-methyl/N-ethyl adjacent to an activating group) is 1. The van der Waals surface area contributed by atoms with Gasteiger partial charge in [0.1, 0.15) is 17.6 Å². The van der Waals surface area contributed by atoms with Gasteiger partial charge in [0.05, 0.1) is 30.5 Å². The van der Waals surface area contributed by atoms with Crippen molar-refractivity contribution in [3.63, 3.8) is 0 Å². The van der Waals surface area contributed by atoms with Gasteiger partial charge in [-0.25, -0.2) is 4.99 Å². The maximum Gasteiger partial charge on any atom is 0.272 e. The first kappa shape index (κ1) is 34.8. The molecule has 3 amide bonds. The molecule has 1 aliphatic carbocycles. The Morgan fingerprint density at radius 1 is 1.12 bits per heavy atom. The zero-order valence-electron chi connectivity index (χ0n) is 28.8. The van der Waals surface area contributed by atoms with Gasteiger partial charge in [0.2, 0.25) is 5.91 Å². The number of hydrogen-bond donors (Lipinski definition) is 3. The van der Waals surface area contributed by atoms with Crippen LogP contribution >= 0.6 is 0 Å². The lowest BCUT2D eigenvalue weighted by Gasteiger charge is -2.60. The largest absolute Gasteiger partial charge is 0.404 e. The van der Waals surface area contributed by atoms with Crippen molar-refractivity contribution in [1.29, 1.82) is 0 Å². The second kappa shape index (κ2) is 15.2. The summed E-state index contributed by atoms with van der Waals surface area (Å²) in [6, 6.07) is 20.8. The molecule has 50 heavy (non-hydrogen) atoms. The number of amidine groups is 1. The molecule has 3 aromatic rings. The molecule has 1 saturated carbocycles. The molecule has 0 radical (unpaired) electrons. The molecule has 12 heteroatoms. The summed E-state index contributed by atoms with van der Waals surface area (Å²) < 4.78 is 7.15. The standard InChI is InChI=1S/C21H24N6O2.C17H22N2O2/c1-2-26-19(23-15-6-4-3-5-7-15)14(13-22)12-18(21(26)29)24-20(28)17-10-11-27(25-17)16-8-9-16;1-13(14(2)19-9-8-17(19)11-21-12-17)16(20)18-10-15-6-4-3-5-7-15/h3-7,10-11,13,16,18H,2,8-9,12,22H2,1H3,(H,24,28);3-7,14H,1,8-12H2,2H3,(H,18,20)/b14-13-,23-19?;. The molecule has 262 valence electrons. The van der Waals surface area contributed by atoms with E-state index in [1.54, 1.807) is 11.0 Å². The number of nitrogens with zero attached hydrogens (tertiary/aromatic N) is 5. The van der Waals surface area contributed by atoms with Gasteiger partial charge in [0, 0.05) is 55.6 Å². The second-order valence-electron chi connectivity index (χ2n) is 13.2. The van der Waals surface area contributed by atoms with Gasteiger partial charge in [-0.15, -0.1) is 0 Å². The molecule has 3 saturated heterocycles. The lowest BCUT2D eigenvalue weighted by molar-refractivity contribution is -0.200. The van der Waals surface area contributed by atoms with Gasteiger partial charge < -0.3 is 21.1 Å². The highest BCUT2D eigenvalue weighted by Gasteiger charge is 2.53. The van der Waals surface area contributed by atoms with Crippen molar-refractivity contribution in [1.82, 2.24) is 30.2 Å². The molecule has 4 N–H and O–H groups in total. The van der Waals surface area contributed by atoms with Gasteiger partial charge in [-0.3, -0.25) is 28.9 Å². The van der Waals surface area contributed by atoms with Crippen molar-refractivity contribution < 1.29 is 19.1 Å². The number of likely N-dealkylation sites (tertiary alicyclic amines) is 2. The lowest BCUT2D eigenvalue weighted by Crippen LogP contribution is -2.73. The van der Waals surface area contributed by atoms with E-state index < -0.39 is 6.04 Å². The van der Waals surface area contributed by atoms with Crippen LogP contribution in [0.4, 0.5) is 5.69 Å². The minimum Gasteiger partial charge on any atom is -0.404 e. The molecule has 1 spiro atoms. The molecule has 4 aliphatic rings. The normalized spacial score (nSPS) is 21.8. The Morgan fingerprint density at radius 3 is 2.40 bits per heavy atom. The Balaban J connectivity index is 0.000000182. The third kappa shape index (κ3) is 7.56. The van der Waals surface area contributed by atoms with Crippen LogP contribution < -0.4 is 16.4 Å². The van der Waals surface area contributed by atoms with Crippen molar-refractivity contribution >= 4 is 29.2 Å². The van der Waals surface area contributed by atoms with E-state index in [0.717, 1.165) is 50.3 Å². The number of para-hydroxylation sites is 1. The Bertz CT molecular complexity index is 1760. The van der Waals surface area contributed by atoms with Crippen LogP contribution in [0.5, 0.6) is 0 Å². The third-order valence-corrected chi connectivity index (χ3v) is 9.84. The number of hydrogen-bond acceptors (Lipinski definition) is 8. The predicted octanol–water partition coefficient (Wildman–Crippen LogP) is 3.86. The average Bonchev–Trinajstić information content (AvgIpc) is 3.83. The molecule has 2 aromatic carbocycles. The van der Waals surface area contributed by atoms with Crippen LogP contribution in [-0.2, 0) is 20.9 Å². The fourth-order valence-electron chi connectivity index (χ4n) is 6.50. The summed E-state index contributed by atoms with van der Waals surface area (Å²) in [6.07, 6.45) is 6.89.